The highest BCUT2D eigenvalue weighted by atomic mass is 19.4. The third kappa shape index (κ3) is 6.02. The van der Waals surface area contributed by atoms with Gasteiger partial charge in [-0.05, 0) is 44.4 Å². The Hall–Kier alpha value is -2.98. The van der Waals surface area contributed by atoms with E-state index in [-0.39, 0.29) is 37.5 Å². The molecule has 3 N–H and O–H groups in total. The first-order valence-electron chi connectivity index (χ1n) is 12.9. The van der Waals surface area contributed by atoms with Gasteiger partial charge in [0.15, 0.2) is 0 Å². The number of rotatable bonds is 8. The Kier molecular flexibility index (Phi) is 7.86. The molecule has 210 valence electrons. The van der Waals surface area contributed by atoms with Gasteiger partial charge in [-0.15, -0.1) is 0 Å². The molecule has 0 aromatic carbocycles. The van der Waals surface area contributed by atoms with Crippen molar-refractivity contribution in [2.24, 2.45) is 17.8 Å². The van der Waals surface area contributed by atoms with Gasteiger partial charge >= 0.3 is 12.1 Å². The number of hydrogen-bond donors (Lipinski definition) is 3. The van der Waals surface area contributed by atoms with Crippen molar-refractivity contribution >= 4 is 23.6 Å². The summed E-state index contributed by atoms with van der Waals surface area (Å²) in [6.45, 7) is 0.489. The van der Waals surface area contributed by atoms with E-state index in [0.29, 0.717) is 32.2 Å². The van der Waals surface area contributed by atoms with Gasteiger partial charge in [-0.3, -0.25) is 19.2 Å². The van der Waals surface area contributed by atoms with E-state index < -0.39 is 72.2 Å². The second-order valence-corrected chi connectivity index (χ2v) is 10.8. The molecule has 0 spiro atoms. The van der Waals surface area contributed by atoms with E-state index in [9.17, 15) is 46.4 Å². The molecule has 6 atom stereocenters. The van der Waals surface area contributed by atoms with Gasteiger partial charge in [0, 0.05) is 24.9 Å². The summed E-state index contributed by atoms with van der Waals surface area (Å²) in [7, 11) is 0. The molecule has 5 aliphatic rings. The van der Waals surface area contributed by atoms with Crippen molar-refractivity contribution in [3.05, 3.63) is 0 Å². The number of alkyl halides is 5. The van der Waals surface area contributed by atoms with Crippen LogP contribution in [0.4, 0.5) is 22.0 Å². The fourth-order valence-corrected chi connectivity index (χ4v) is 5.90. The molecule has 9 nitrogen and oxygen atoms in total. The number of piperidine rings is 3. The van der Waals surface area contributed by atoms with Crippen LogP contribution in [-0.2, 0) is 19.2 Å². The molecule has 3 saturated heterocycles. The minimum absolute atomic E-state index is 0.0504. The molecule has 5 rings (SSSR count). The largest absolute Gasteiger partial charge is 0.471 e. The van der Waals surface area contributed by atoms with Crippen molar-refractivity contribution in [3.8, 4) is 6.07 Å². The Balaban J connectivity index is 1.56. The van der Waals surface area contributed by atoms with E-state index in [1.807, 2.05) is 6.07 Å². The maximum atomic E-state index is 14.9. The lowest BCUT2D eigenvalue weighted by atomic mass is 9.71. The van der Waals surface area contributed by atoms with Crippen molar-refractivity contribution in [1.29, 1.82) is 5.26 Å². The third-order valence-electron chi connectivity index (χ3n) is 7.98. The normalized spacial score (nSPS) is 30.0. The number of nitrogens with one attached hydrogen (secondary N) is 3. The summed E-state index contributed by atoms with van der Waals surface area (Å²) in [4.78, 5) is 51.6. The lowest BCUT2D eigenvalue weighted by Crippen LogP contribution is -2.71. The molecule has 0 aromatic heterocycles. The average Bonchev–Trinajstić information content (AvgIpc) is 3.66. The van der Waals surface area contributed by atoms with Crippen LogP contribution in [0.25, 0.3) is 0 Å². The molecule has 38 heavy (non-hydrogen) atoms. The first-order valence-corrected chi connectivity index (χ1v) is 12.9. The van der Waals surface area contributed by atoms with Crippen LogP contribution in [0.5, 0.6) is 0 Å². The summed E-state index contributed by atoms with van der Waals surface area (Å²) in [6.07, 6.45) is -3.65. The Labute approximate surface area is 215 Å². The lowest BCUT2D eigenvalue weighted by Gasteiger charge is -2.54. The fraction of sp³-hybridized carbons (Fsp3) is 0.792. The van der Waals surface area contributed by atoms with E-state index in [4.69, 9.17) is 0 Å². The highest BCUT2D eigenvalue weighted by Gasteiger charge is 2.61. The topological polar surface area (TPSA) is 131 Å². The predicted molar refractivity (Wildman–Crippen MR) is 120 cm³/mol. The number of nitrogens with zero attached hydrogens (tertiary/aromatic N) is 2. The summed E-state index contributed by atoms with van der Waals surface area (Å²) in [5.41, 5.74) is 0. The summed E-state index contributed by atoms with van der Waals surface area (Å²) >= 11 is 0. The fourth-order valence-electron chi connectivity index (χ4n) is 5.90. The number of nitriles is 1. The minimum atomic E-state index is -5.25. The summed E-state index contributed by atoms with van der Waals surface area (Å²) in [5, 5.41) is 16.4. The first-order chi connectivity index (χ1) is 17.8. The number of halogens is 5. The monoisotopic (exact) mass is 547 g/mol. The van der Waals surface area contributed by atoms with E-state index in [1.54, 1.807) is 5.32 Å². The zero-order valence-electron chi connectivity index (χ0n) is 20.5. The number of fused-ring (bicyclic) bond motifs is 3. The van der Waals surface area contributed by atoms with Crippen LogP contribution >= 0.6 is 0 Å². The van der Waals surface area contributed by atoms with Gasteiger partial charge < -0.3 is 20.9 Å². The lowest BCUT2D eigenvalue weighted by molar-refractivity contribution is -0.196. The quantitative estimate of drug-likeness (QED) is 0.399. The molecule has 2 bridgehead atoms. The Morgan fingerprint density at radius 2 is 1.82 bits per heavy atom. The molecular weight excluding hydrogens is 517 g/mol. The summed E-state index contributed by atoms with van der Waals surface area (Å²) in [5.74, 6) is -10.2. The SMILES string of the molecule is N#C[C@@H](C[C@@H]1CCCNC1=O)NC(=O)[C@@H]1[C@@H]2CC[C@@H](CC2(F)F)N1C(=O)[C@@H](CC1CC1)NC(=O)C(F)(F)F. The van der Waals surface area contributed by atoms with E-state index in [0.717, 1.165) is 4.90 Å². The van der Waals surface area contributed by atoms with Crippen LogP contribution in [0.1, 0.15) is 57.8 Å². The maximum absolute atomic E-state index is 14.9. The molecule has 14 heteroatoms. The molecule has 0 radical (unpaired) electrons. The first kappa shape index (κ1) is 28.0. The van der Waals surface area contributed by atoms with Crippen molar-refractivity contribution in [3.63, 3.8) is 0 Å². The third-order valence-corrected chi connectivity index (χ3v) is 7.98. The van der Waals surface area contributed by atoms with Crippen molar-refractivity contribution < 1.29 is 41.1 Å². The number of hydrogen-bond acceptors (Lipinski definition) is 5. The zero-order valence-corrected chi connectivity index (χ0v) is 20.5. The van der Waals surface area contributed by atoms with Crippen LogP contribution < -0.4 is 16.0 Å². The van der Waals surface area contributed by atoms with Crippen molar-refractivity contribution in [2.45, 2.75) is 94.1 Å². The highest BCUT2D eigenvalue weighted by molar-refractivity contribution is 5.94. The van der Waals surface area contributed by atoms with E-state index in [2.05, 4.69) is 10.6 Å². The van der Waals surface area contributed by atoms with Crippen molar-refractivity contribution in [1.82, 2.24) is 20.9 Å². The van der Waals surface area contributed by atoms with Crippen molar-refractivity contribution in [2.75, 3.05) is 6.54 Å². The molecule has 5 fully saturated rings. The van der Waals surface area contributed by atoms with Gasteiger partial charge in [0.25, 0.3) is 5.92 Å². The minimum Gasteiger partial charge on any atom is -0.356 e. The zero-order chi connectivity index (χ0) is 27.8. The molecule has 2 aliphatic carbocycles. The number of amides is 4. The highest BCUT2D eigenvalue weighted by Crippen LogP contribution is 2.49. The second-order valence-electron chi connectivity index (χ2n) is 10.8. The van der Waals surface area contributed by atoms with Gasteiger partial charge in [-0.2, -0.15) is 18.4 Å². The summed E-state index contributed by atoms with van der Waals surface area (Å²) < 4.78 is 68.8. The molecule has 3 aliphatic heterocycles. The van der Waals surface area contributed by atoms with Crippen LogP contribution in [0.3, 0.4) is 0 Å². The van der Waals surface area contributed by atoms with E-state index in [1.165, 1.54) is 0 Å². The van der Waals surface area contributed by atoms with Gasteiger partial charge in [-0.1, -0.05) is 12.8 Å². The van der Waals surface area contributed by atoms with Gasteiger partial charge in [-0.25, -0.2) is 8.78 Å². The number of carbonyl (C=O) groups is 4. The molecule has 0 aromatic rings. The van der Waals surface area contributed by atoms with Crippen LogP contribution in [-0.4, -0.2) is 71.3 Å². The maximum Gasteiger partial charge on any atom is 0.471 e. The molecular formula is C24H30F5N5O4. The molecule has 4 amide bonds. The molecule has 2 saturated carbocycles. The Morgan fingerprint density at radius 3 is 2.39 bits per heavy atom. The summed E-state index contributed by atoms with van der Waals surface area (Å²) in [6, 6.07) is -3.81. The standard InChI is InChI=1S/C24H30F5N5O4/c25-23(26)10-15-5-6-16(23)18(20(36)32-14(11-30)9-13-2-1-7-31-19(13)35)34(15)21(37)17(8-12-3-4-12)33-22(38)24(27,28)29/h12-18H,1-10H2,(H,31,35)(H,32,36)(H,33,38)/t13-,14+,15-,16-,17+,18-/m0/s1. The average molecular weight is 548 g/mol. The Morgan fingerprint density at radius 1 is 1.11 bits per heavy atom. The van der Waals surface area contributed by atoms with Gasteiger partial charge in [0.2, 0.25) is 17.7 Å². The second kappa shape index (κ2) is 10.6. The van der Waals surface area contributed by atoms with E-state index >= 15 is 0 Å². The van der Waals surface area contributed by atoms with Crippen LogP contribution in [0.15, 0.2) is 0 Å². The Bertz CT molecular complexity index is 1010. The molecule has 0 unspecified atom stereocenters. The van der Waals surface area contributed by atoms with Gasteiger partial charge in [0.1, 0.15) is 18.1 Å². The smallest absolute Gasteiger partial charge is 0.356 e. The van der Waals surface area contributed by atoms with Crippen LogP contribution in [0, 0.1) is 29.1 Å². The van der Waals surface area contributed by atoms with Gasteiger partial charge in [0.05, 0.1) is 12.0 Å². The molecule has 3 heterocycles. The predicted octanol–water partition coefficient (Wildman–Crippen LogP) is 1.77. The number of carbonyl (C=O) groups excluding carboxylic acids is 4. The van der Waals surface area contributed by atoms with Crippen LogP contribution in [0.2, 0.25) is 0 Å².